The molecule has 1 unspecified atom stereocenters. The second-order valence-electron chi connectivity index (χ2n) is 20.3. The van der Waals surface area contributed by atoms with Crippen molar-refractivity contribution in [2.24, 2.45) is 28.8 Å². The number of likely N-dealkylation sites (N-methyl/N-ethyl adjacent to an activating group) is 1. The van der Waals surface area contributed by atoms with Gasteiger partial charge in [-0.3, -0.25) is 9.59 Å². The normalized spacial score (nSPS) is 41.5. The minimum atomic E-state index is -1.95. The Balaban J connectivity index is 1.78. The number of benzene rings is 1. The molecular weight excluding hydrogens is 853 g/mol. The first-order valence-corrected chi connectivity index (χ1v) is 24.1. The lowest BCUT2D eigenvalue weighted by Crippen LogP contribution is -2.61. The number of carbonyl (C=O) groups is 2. The lowest BCUT2D eigenvalue weighted by molar-refractivity contribution is -0.318. The van der Waals surface area contributed by atoms with Gasteiger partial charge in [-0.2, -0.15) is 0 Å². The molecule has 0 aromatic heterocycles. The van der Waals surface area contributed by atoms with E-state index in [1.165, 1.54) is 26.5 Å². The Morgan fingerprint density at radius 3 is 2.18 bits per heavy atom. The maximum Gasteiger partial charge on any atom is 0.311 e. The molecule has 4 N–H and O–H groups in total. The van der Waals surface area contributed by atoms with Crippen LogP contribution in [0, 0.1) is 23.7 Å². The van der Waals surface area contributed by atoms with E-state index < -0.39 is 108 Å². The Kier molecular flexibility index (Phi) is 20.5. The molecule has 1 aromatic carbocycles. The number of hydrogen-bond donors (Lipinski definition) is 4. The summed E-state index contributed by atoms with van der Waals surface area (Å²) in [6.45, 7) is 18.9. The van der Waals surface area contributed by atoms with Crippen LogP contribution in [0.5, 0.6) is 0 Å². The molecule has 0 saturated carbocycles. The third-order valence-electron chi connectivity index (χ3n) is 14.3. The highest BCUT2D eigenvalue weighted by Crippen LogP contribution is 2.41. The van der Waals surface area contributed by atoms with Crippen molar-refractivity contribution in [2.75, 3.05) is 27.8 Å². The zero-order chi connectivity index (χ0) is 49.3. The van der Waals surface area contributed by atoms with Crippen molar-refractivity contribution in [1.29, 1.82) is 0 Å². The summed E-state index contributed by atoms with van der Waals surface area (Å²) in [6.07, 6.45) is -5.70. The van der Waals surface area contributed by atoms with Gasteiger partial charge in [0.1, 0.15) is 30.0 Å². The summed E-state index contributed by atoms with van der Waals surface area (Å²) in [7, 11) is 5.26. The molecule has 4 rings (SSSR count). The fourth-order valence-corrected chi connectivity index (χ4v) is 10.4. The number of aliphatic hydroxyl groups excluding tert-OH is 2. The molecule has 378 valence electrons. The molecule has 3 heterocycles. The number of cyclic esters (lactones) is 1. The van der Waals surface area contributed by atoms with Crippen molar-refractivity contribution < 1.29 is 68.0 Å². The predicted octanol–water partition coefficient (Wildman–Crippen LogP) is 5.57. The highest BCUT2D eigenvalue weighted by atomic mass is 16.7. The number of oxime groups is 1. The van der Waals surface area contributed by atoms with E-state index in [9.17, 15) is 30.0 Å². The Bertz CT molecular complexity index is 1700. The van der Waals surface area contributed by atoms with Gasteiger partial charge in [0, 0.05) is 44.2 Å². The van der Waals surface area contributed by atoms with E-state index >= 15 is 0 Å². The first-order chi connectivity index (χ1) is 30.9. The molecule has 0 bridgehead atoms. The van der Waals surface area contributed by atoms with Crippen LogP contribution in [0.25, 0.3) is 0 Å². The molecule has 3 fully saturated rings. The van der Waals surface area contributed by atoms with Crippen LogP contribution in [0.4, 0.5) is 0 Å². The van der Waals surface area contributed by atoms with Crippen LogP contribution in [-0.4, -0.2) is 155 Å². The van der Waals surface area contributed by atoms with E-state index in [-0.39, 0.29) is 31.4 Å². The second kappa shape index (κ2) is 24.2. The summed E-state index contributed by atoms with van der Waals surface area (Å²) in [5.41, 5.74) is -3.12. The van der Waals surface area contributed by atoms with Crippen molar-refractivity contribution in [2.45, 2.75) is 212 Å². The highest BCUT2D eigenvalue weighted by Gasteiger charge is 2.54. The zero-order valence-corrected chi connectivity index (χ0v) is 42.2. The number of aliphatic hydroxyl groups is 4. The van der Waals surface area contributed by atoms with Gasteiger partial charge in [0.15, 0.2) is 18.7 Å². The Hall–Kier alpha value is -2.77. The van der Waals surface area contributed by atoms with Gasteiger partial charge >= 0.3 is 11.9 Å². The standard InChI is InChI=1S/C50H84N2O14/c1-15-38-50(11,58)43(55)31(4)40(51-60-25-21-17-20-24-36-22-18-16-19-23-36)29(2)27-48(9,57)44(66-47-41(54)37(52(12)13)26-30(3)61-47)32(5)42(33(6)46(56)64-38)65-39-28-49(10,59-14)45(34(7)62-39)63-35(8)53/h16,18-19,22-23,29-34,37-39,41-45,47,54-55,57-58H,15,17,20-21,24-28H2,1-14H3/b51-40+/t29-,30-,31-,32+,33-,34+,37+,38+,39+,41-,42+,43-,44-,45+,47+,48?,49-,50-/m1/s1. The molecule has 16 nitrogen and oxygen atoms in total. The van der Waals surface area contributed by atoms with Crippen molar-refractivity contribution >= 4 is 17.7 Å². The van der Waals surface area contributed by atoms with E-state index in [2.05, 4.69) is 17.3 Å². The molecule has 0 aliphatic carbocycles. The van der Waals surface area contributed by atoms with Gasteiger partial charge in [-0.25, -0.2) is 0 Å². The highest BCUT2D eigenvalue weighted by molar-refractivity contribution is 5.88. The Morgan fingerprint density at radius 2 is 1.58 bits per heavy atom. The number of aryl methyl sites for hydroxylation is 1. The number of hydrogen-bond acceptors (Lipinski definition) is 16. The lowest BCUT2D eigenvalue weighted by atomic mass is 9.73. The average molecular weight is 937 g/mol. The maximum absolute atomic E-state index is 14.5. The molecule has 16 heteroatoms. The van der Waals surface area contributed by atoms with Crippen LogP contribution >= 0.6 is 0 Å². The van der Waals surface area contributed by atoms with Crippen LogP contribution in [-0.2, 0) is 54.0 Å². The van der Waals surface area contributed by atoms with E-state index in [4.69, 9.17) is 38.0 Å². The number of nitrogens with zero attached hydrogens (tertiary/aromatic N) is 2. The fourth-order valence-electron chi connectivity index (χ4n) is 10.4. The van der Waals surface area contributed by atoms with Crippen LogP contribution in [0.3, 0.4) is 0 Å². The summed E-state index contributed by atoms with van der Waals surface area (Å²) in [6, 6.07) is 9.95. The molecule has 18 atom stereocenters. The predicted molar refractivity (Wildman–Crippen MR) is 248 cm³/mol. The molecular formula is C50H84N2O14. The quantitative estimate of drug-likeness (QED) is 0.0964. The van der Waals surface area contributed by atoms with E-state index in [1.54, 1.807) is 48.5 Å². The van der Waals surface area contributed by atoms with Gasteiger partial charge in [0.2, 0.25) is 0 Å². The lowest BCUT2D eigenvalue weighted by Gasteiger charge is -2.49. The van der Waals surface area contributed by atoms with E-state index in [1.807, 2.05) is 51.0 Å². The summed E-state index contributed by atoms with van der Waals surface area (Å²) in [5.74, 6) is -4.57. The summed E-state index contributed by atoms with van der Waals surface area (Å²) in [4.78, 5) is 34.6. The van der Waals surface area contributed by atoms with Gasteiger partial charge in [-0.05, 0) is 106 Å². The SMILES string of the molecule is CC[C@@H]1OC(=O)[C@H](C)[C@@H](O[C@H]2C[C@@](C)(OC)[C@@H](OC(C)=O)[C@H](C)O2)[C@H](C)[C@@H](O[C@@H]2O[C@H](C)C[C@H](N(C)C)[C@H]2O)C(C)(O)C[C@@H](C)/C(=N\OCCCCCc2ccccc2)[C@@H](C)[C@@H](O)[C@]1(C)O. The zero-order valence-electron chi connectivity index (χ0n) is 42.2. The average Bonchev–Trinajstić information content (AvgIpc) is 3.25. The Labute approximate surface area is 393 Å². The van der Waals surface area contributed by atoms with Crippen molar-refractivity contribution in [1.82, 2.24) is 4.90 Å². The smallest absolute Gasteiger partial charge is 0.311 e. The Morgan fingerprint density at radius 1 is 0.909 bits per heavy atom. The van der Waals surface area contributed by atoms with E-state index in [0.29, 0.717) is 18.7 Å². The molecule has 0 spiro atoms. The number of esters is 2. The number of ether oxygens (including phenoxy) is 7. The minimum Gasteiger partial charge on any atom is -0.459 e. The molecule has 66 heavy (non-hydrogen) atoms. The molecule has 1 aromatic rings. The minimum absolute atomic E-state index is 0.00147. The fraction of sp³-hybridized carbons (Fsp3) is 0.820. The first-order valence-electron chi connectivity index (χ1n) is 24.1. The third-order valence-corrected chi connectivity index (χ3v) is 14.3. The summed E-state index contributed by atoms with van der Waals surface area (Å²) < 4.78 is 44.1. The monoisotopic (exact) mass is 937 g/mol. The van der Waals surface area contributed by atoms with Crippen molar-refractivity contribution in [3.05, 3.63) is 35.9 Å². The maximum atomic E-state index is 14.5. The first kappa shape index (κ1) is 55.8. The molecule has 0 amide bonds. The van der Waals surface area contributed by atoms with Gasteiger partial charge < -0.3 is 63.3 Å². The van der Waals surface area contributed by atoms with Crippen LogP contribution in [0.15, 0.2) is 35.5 Å². The van der Waals surface area contributed by atoms with E-state index in [0.717, 1.165) is 25.7 Å². The molecule has 3 aliphatic heterocycles. The topological polar surface area (TPSA) is 204 Å². The van der Waals surface area contributed by atoms with Crippen LogP contribution < -0.4 is 0 Å². The van der Waals surface area contributed by atoms with Crippen molar-refractivity contribution in [3.63, 3.8) is 0 Å². The molecule has 3 aliphatic rings. The molecule has 0 radical (unpaired) electrons. The van der Waals surface area contributed by atoms with Crippen LogP contribution in [0.1, 0.15) is 127 Å². The van der Waals surface area contributed by atoms with Crippen molar-refractivity contribution in [3.8, 4) is 0 Å². The molecule has 3 saturated heterocycles. The second-order valence-corrected chi connectivity index (χ2v) is 20.3. The van der Waals surface area contributed by atoms with Crippen LogP contribution in [0.2, 0.25) is 0 Å². The third kappa shape index (κ3) is 13.9. The number of rotatable bonds is 15. The van der Waals surface area contributed by atoms with Gasteiger partial charge in [0.25, 0.3) is 0 Å². The van der Waals surface area contributed by atoms with Gasteiger partial charge in [-0.1, -0.05) is 63.2 Å². The van der Waals surface area contributed by atoms with Gasteiger partial charge in [0.05, 0.1) is 47.8 Å². The summed E-state index contributed by atoms with van der Waals surface area (Å²) in [5, 5.41) is 53.5. The number of carbonyl (C=O) groups excluding carboxylic acids is 2. The number of unbranched alkanes of at least 4 members (excludes halogenated alkanes) is 2. The largest absolute Gasteiger partial charge is 0.459 e. The number of methoxy groups -OCH3 is 1. The summed E-state index contributed by atoms with van der Waals surface area (Å²) >= 11 is 0. The van der Waals surface area contributed by atoms with Gasteiger partial charge in [-0.15, -0.1) is 0 Å².